The number of benzene rings is 2. The summed E-state index contributed by atoms with van der Waals surface area (Å²) in [6.07, 6.45) is 1.22. The van der Waals surface area contributed by atoms with Crippen molar-refractivity contribution in [1.29, 1.82) is 0 Å². The van der Waals surface area contributed by atoms with Crippen molar-refractivity contribution in [2.45, 2.75) is 50.6 Å². The van der Waals surface area contributed by atoms with Crippen molar-refractivity contribution < 1.29 is 13.2 Å². The highest BCUT2D eigenvalue weighted by Crippen LogP contribution is 2.32. The summed E-state index contributed by atoms with van der Waals surface area (Å²) in [6, 6.07) is 16.5. The molecule has 1 fully saturated rings. The van der Waals surface area contributed by atoms with E-state index in [-0.39, 0.29) is 16.5 Å². The molecule has 176 valence electrons. The van der Waals surface area contributed by atoms with Crippen LogP contribution >= 0.6 is 0 Å². The Bertz CT molecular complexity index is 1240. The molecule has 0 aliphatic carbocycles. The van der Waals surface area contributed by atoms with Crippen LogP contribution in [0.4, 0.5) is 0 Å². The highest BCUT2D eigenvalue weighted by atomic mass is 32.2. The molecule has 0 radical (unpaired) electrons. The molecule has 33 heavy (non-hydrogen) atoms. The lowest BCUT2D eigenvalue weighted by Crippen LogP contribution is -2.38. The predicted molar refractivity (Wildman–Crippen MR) is 126 cm³/mol. The third-order valence-electron chi connectivity index (χ3n) is 6.03. The SMILES string of the molecule is CCOc1ccccc1S(=O)(=O)N1CCC(c2nn(Cc3ccccc3)c(=O)n2CC)CC1. The largest absolute Gasteiger partial charge is 0.492 e. The topological polar surface area (TPSA) is 86.4 Å². The van der Waals surface area contributed by atoms with E-state index in [0.717, 1.165) is 11.4 Å². The number of aromatic nitrogens is 3. The van der Waals surface area contributed by atoms with Gasteiger partial charge in [-0.3, -0.25) is 4.57 Å². The minimum absolute atomic E-state index is 0.0308. The Morgan fingerprint density at radius 1 is 1.00 bits per heavy atom. The molecule has 0 amide bonds. The summed E-state index contributed by atoms with van der Waals surface area (Å²) in [6.45, 7) is 5.86. The van der Waals surface area contributed by atoms with E-state index in [0.29, 0.717) is 51.4 Å². The van der Waals surface area contributed by atoms with Crippen molar-refractivity contribution in [3.63, 3.8) is 0 Å². The van der Waals surface area contributed by atoms with Crippen LogP contribution in [0.1, 0.15) is 44.0 Å². The molecule has 1 saturated heterocycles. The maximum atomic E-state index is 13.3. The highest BCUT2D eigenvalue weighted by Gasteiger charge is 2.34. The Morgan fingerprint density at radius 3 is 2.33 bits per heavy atom. The van der Waals surface area contributed by atoms with Gasteiger partial charge in [-0.25, -0.2) is 17.9 Å². The minimum Gasteiger partial charge on any atom is -0.492 e. The molecule has 2 heterocycles. The second-order valence-electron chi connectivity index (χ2n) is 8.09. The Hall–Kier alpha value is -2.91. The van der Waals surface area contributed by atoms with E-state index in [1.807, 2.05) is 44.2 Å². The van der Waals surface area contributed by atoms with Gasteiger partial charge in [0.15, 0.2) is 0 Å². The number of ether oxygens (including phenoxy) is 1. The van der Waals surface area contributed by atoms with Crippen LogP contribution in [0.2, 0.25) is 0 Å². The number of hydrogen-bond donors (Lipinski definition) is 0. The molecule has 0 spiro atoms. The first-order valence-electron chi connectivity index (χ1n) is 11.4. The third kappa shape index (κ3) is 4.74. The number of piperidine rings is 1. The summed E-state index contributed by atoms with van der Waals surface area (Å²) in [5.74, 6) is 1.15. The second-order valence-corrected chi connectivity index (χ2v) is 9.99. The van der Waals surface area contributed by atoms with E-state index in [9.17, 15) is 13.2 Å². The van der Waals surface area contributed by atoms with E-state index in [4.69, 9.17) is 4.74 Å². The zero-order chi connectivity index (χ0) is 23.4. The monoisotopic (exact) mass is 470 g/mol. The lowest BCUT2D eigenvalue weighted by Gasteiger charge is -2.31. The van der Waals surface area contributed by atoms with Crippen molar-refractivity contribution in [2.24, 2.45) is 0 Å². The standard InChI is InChI=1S/C24H30N4O4S/c1-3-27-23(25-28(24(27)29)18-19-10-6-5-7-11-19)20-14-16-26(17-15-20)33(30,31)22-13-9-8-12-21(22)32-4-2/h5-13,20H,3-4,14-18H2,1-2H3. The number of sulfonamides is 1. The zero-order valence-corrected chi connectivity index (χ0v) is 19.9. The molecule has 3 aromatic rings. The van der Waals surface area contributed by atoms with Crippen LogP contribution in [0.3, 0.4) is 0 Å². The summed E-state index contributed by atoms with van der Waals surface area (Å²) in [7, 11) is -3.67. The van der Waals surface area contributed by atoms with Crippen LogP contribution in [0.5, 0.6) is 5.75 Å². The summed E-state index contributed by atoms with van der Waals surface area (Å²) in [5, 5.41) is 4.66. The molecule has 0 saturated carbocycles. The molecular weight excluding hydrogens is 440 g/mol. The summed E-state index contributed by atoms with van der Waals surface area (Å²) in [5.41, 5.74) is 0.887. The van der Waals surface area contributed by atoms with Gasteiger partial charge in [0, 0.05) is 25.6 Å². The molecule has 4 rings (SSSR count). The molecular formula is C24H30N4O4S. The van der Waals surface area contributed by atoms with Gasteiger partial charge in [-0.15, -0.1) is 0 Å². The van der Waals surface area contributed by atoms with E-state index >= 15 is 0 Å². The van der Waals surface area contributed by atoms with Gasteiger partial charge in [-0.2, -0.15) is 9.40 Å². The summed E-state index contributed by atoms with van der Waals surface area (Å²) >= 11 is 0. The summed E-state index contributed by atoms with van der Waals surface area (Å²) in [4.78, 5) is 13.1. The quantitative estimate of drug-likeness (QED) is 0.505. The maximum absolute atomic E-state index is 13.3. The van der Waals surface area contributed by atoms with Crippen LogP contribution < -0.4 is 10.4 Å². The fourth-order valence-electron chi connectivity index (χ4n) is 4.35. The average molecular weight is 471 g/mol. The van der Waals surface area contributed by atoms with Crippen molar-refractivity contribution in [1.82, 2.24) is 18.7 Å². The number of nitrogens with zero attached hydrogens (tertiary/aromatic N) is 4. The van der Waals surface area contributed by atoms with E-state index < -0.39 is 10.0 Å². The van der Waals surface area contributed by atoms with Gasteiger partial charge in [0.2, 0.25) is 10.0 Å². The molecule has 1 aliphatic heterocycles. The van der Waals surface area contributed by atoms with Gasteiger partial charge in [-0.1, -0.05) is 42.5 Å². The van der Waals surface area contributed by atoms with Crippen LogP contribution in [0, 0.1) is 0 Å². The van der Waals surface area contributed by atoms with E-state index in [1.165, 1.54) is 8.99 Å². The minimum atomic E-state index is -3.67. The van der Waals surface area contributed by atoms with E-state index in [2.05, 4.69) is 5.10 Å². The van der Waals surface area contributed by atoms with Crippen molar-refractivity contribution in [3.05, 3.63) is 76.5 Å². The Balaban J connectivity index is 1.52. The van der Waals surface area contributed by atoms with E-state index in [1.54, 1.807) is 28.8 Å². The molecule has 2 aromatic carbocycles. The van der Waals surface area contributed by atoms with Gasteiger partial charge >= 0.3 is 5.69 Å². The molecule has 1 aliphatic rings. The first kappa shape index (κ1) is 23.3. The number of hydrogen-bond acceptors (Lipinski definition) is 5. The number of rotatable bonds is 8. The van der Waals surface area contributed by atoms with Crippen LogP contribution in [-0.4, -0.2) is 46.8 Å². The maximum Gasteiger partial charge on any atom is 0.346 e. The second kappa shape index (κ2) is 9.93. The number of para-hydroxylation sites is 1. The molecule has 0 atom stereocenters. The van der Waals surface area contributed by atoms with Crippen molar-refractivity contribution in [2.75, 3.05) is 19.7 Å². The molecule has 1 aromatic heterocycles. The van der Waals surface area contributed by atoms with Crippen molar-refractivity contribution >= 4 is 10.0 Å². The Labute approximate surface area is 194 Å². The lowest BCUT2D eigenvalue weighted by atomic mass is 9.97. The molecule has 9 heteroatoms. The summed E-state index contributed by atoms with van der Waals surface area (Å²) < 4.78 is 36.8. The highest BCUT2D eigenvalue weighted by molar-refractivity contribution is 7.89. The Morgan fingerprint density at radius 2 is 1.67 bits per heavy atom. The fraction of sp³-hybridized carbons (Fsp3) is 0.417. The normalized spacial score (nSPS) is 15.6. The smallest absolute Gasteiger partial charge is 0.346 e. The van der Waals surface area contributed by atoms with Crippen LogP contribution in [0.25, 0.3) is 0 Å². The first-order valence-corrected chi connectivity index (χ1v) is 12.8. The zero-order valence-electron chi connectivity index (χ0n) is 19.1. The van der Waals surface area contributed by atoms with Gasteiger partial charge in [0.25, 0.3) is 0 Å². The van der Waals surface area contributed by atoms with Gasteiger partial charge in [0.05, 0.1) is 13.2 Å². The molecule has 0 bridgehead atoms. The van der Waals surface area contributed by atoms with Gasteiger partial charge in [0.1, 0.15) is 16.5 Å². The fourth-order valence-corrected chi connectivity index (χ4v) is 5.95. The van der Waals surface area contributed by atoms with Gasteiger partial charge in [-0.05, 0) is 44.4 Å². The average Bonchev–Trinajstić information content (AvgIpc) is 3.15. The molecule has 8 nitrogen and oxygen atoms in total. The third-order valence-corrected chi connectivity index (χ3v) is 7.97. The van der Waals surface area contributed by atoms with Gasteiger partial charge < -0.3 is 4.74 Å². The Kier molecular flexibility index (Phi) is 6.99. The first-order chi connectivity index (χ1) is 16.0. The lowest BCUT2D eigenvalue weighted by molar-refractivity contribution is 0.303. The van der Waals surface area contributed by atoms with Crippen LogP contribution in [-0.2, 0) is 23.1 Å². The predicted octanol–water partition coefficient (Wildman–Crippen LogP) is 3.08. The molecule has 0 unspecified atom stereocenters. The van der Waals surface area contributed by atoms with Crippen molar-refractivity contribution in [3.8, 4) is 5.75 Å². The van der Waals surface area contributed by atoms with Crippen LogP contribution in [0.15, 0.2) is 64.3 Å². The molecule has 0 N–H and O–H groups in total.